The smallest absolute Gasteiger partial charge is 0.550 e. The Bertz CT molecular complexity index is 620. The van der Waals surface area contributed by atoms with Gasteiger partial charge in [0.05, 0.1) is 12.2 Å². The number of carboxylic acids is 2. The van der Waals surface area contributed by atoms with Crippen LogP contribution in [0.1, 0.15) is 258 Å². The summed E-state index contributed by atoms with van der Waals surface area (Å²) < 4.78 is 0. The number of rotatable bonds is 40. The van der Waals surface area contributed by atoms with Crippen LogP contribution in [0.25, 0.3) is 0 Å². The van der Waals surface area contributed by atoms with Gasteiger partial charge < -0.3 is 30.0 Å². The van der Waals surface area contributed by atoms with Gasteiger partial charge in [-0.15, -0.1) is 0 Å². The summed E-state index contributed by atoms with van der Waals surface area (Å²) in [6, 6.07) is 0. The van der Waals surface area contributed by atoms with Crippen LogP contribution < -0.4 is 10.2 Å². The molecule has 0 radical (unpaired) electrons. The van der Waals surface area contributed by atoms with E-state index in [1.165, 1.54) is 154 Å². The van der Waals surface area contributed by atoms with Crippen LogP contribution >= 0.6 is 0 Å². The quantitative estimate of drug-likeness (QED) is 0.0477. The molecule has 51 heavy (non-hydrogen) atoms. The summed E-state index contributed by atoms with van der Waals surface area (Å²) in [5.41, 5.74) is 0. The maximum Gasteiger partial charge on any atom is 2.00 e. The van der Waals surface area contributed by atoms with Gasteiger partial charge in [0.15, 0.2) is 0 Å². The molecule has 0 aliphatic heterocycles. The first-order valence-electron chi connectivity index (χ1n) is 22.1. The van der Waals surface area contributed by atoms with Gasteiger partial charge in [-0.25, -0.2) is 0 Å². The number of aliphatic carboxylic acids is 2. The van der Waals surface area contributed by atoms with E-state index in [0.717, 1.165) is 77.0 Å². The number of aliphatic hydroxyl groups excluding tert-OH is 2. The molecule has 7 heteroatoms. The average molecular weight is 735 g/mol. The molecule has 2 N–H and O–H groups in total. The Morgan fingerprint density at radius 3 is 0.725 bits per heavy atom. The molecule has 0 spiro atoms. The zero-order valence-corrected chi connectivity index (χ0v) is 35.7. The Kier molecular flexibility index (Phi) is 51.4. The minimum absolute atomic E-state index is 0. The number of carboxylic acid groups (broad SMARTS) is 2. The van der Waals surface area contributed by atoms with E-state index in [9.17, 15) is 30.0 Å². The van der Waals surface area contributed by atoms with E-state index in [1.54, 1.807) is 0 Å². The van der Waals surface area contributed by atoms with Crippen molar-refractivity contribution in [1.29, 1.82) is 0 Å². The summed E-state index contributed by atoms with van der Waals surface area (Å²) in [6.45, 7) is 4.51. The van der Waals surface area contributed by atoms with Gasteiger partial charge in [0.1, 0.15) is 0 Å². The molecule has 0 fully saturated rings. The summed E-state index contributed by atoms with van der Waals surface area (Å²) in [5.74, 6) is -1.85. The van der Waals surface area contributed by atoms with Crippen LogP contribution in [0, 0.1) is 0 Å². The van der Waals surface area contributed by atoms with E-state index in [1.807, 2.05) is 0 Å². The minimum Gasteiger partial charge on any atom is -0.550 e. The number of hydrogen-bond acceptors (Lipinski definition) is 6. The van der Waals surface area contributed by atoms with Crippen molar-refractivity contribution in [2.75, 3.05) is 0 Å². The van der Waals surface area contributed by atoms with Crippen LogP contribution in [0.3, 0.4) is 0 Å². The molecule has 0 rings (SSSR count). The molecule has 6 nitrogen and oxygen atoms in total. The van der Waals surface area contributed by atoms with E-state index in [2.05, 4.69) is 13.8 Å². The van der Waals surface area contributed by atoms with Gasteiger partial charge in [-0.1, -0.05) is 206 Å². The fraction of sp³-hybridized carbons (Fsp3) is 0.955. The molecule has 2 atom stereocenters. The van der Waals surface area contributed by atoms with Crippen molar-refractivity contribution in [1.82, 2.24) is 0 Å². The van der Waals surface area contributed by atoms with Gasteiger partial charge in [-0.2, -0.15) is 0 Å². The molecule has 0 aliphatic carbocycles. The van der Waals surface area contributed by atoms with E-state index in [-0.39, 0.29) is 48.1 Å². The SMILES string of the molecule is CCCCCCCCCCC(O)CCCCCCCCCCC(=O)[O-].CCCCCCCCCCC(O)CCCCCCCCCCC(=O)[O-].[Mg+2]. The summed E-state index contributed by atoms with van der Waals surface area (Å²) >= 11 is 0. The van der Waals surface area contributed by atoms with Crippen molar-refractivity contribution < 1.29 is 30.0 Å². The fourth-order valence-electron chi connectivity index (χ4n) is 6.74. The number of hydrogen-bond donors (Lipinski definition) is 2. The topological polar surface area (TPSA) is 121 Å². The largest absolute Gasteiger partial charge is 2.00 e. The molecular formula is C44H86MgO6. The van der Waals surface area contributed by atoms with Crippen LogP contribution in [0.5, 0.6) is 0 Å². The fourth-order valence-corrected chi connectivity index (χ4v) is 6.74. The van der Waals surface area contributed by atoms with Gasteiger partial charge in [0.2, 0.25) is 0 Å². The summed E-state index contributed by atoms with van der Waals surface area (Å²) in [5, 5.41) is 40.6. The average Bonchev–Trinajstić information content (AvgIpc) is 3.08. The van der Waals surface area contributed by atoms with Gasteiger partial charge in [-0.3, -0.25) is 0 Å². The summed E-state index contributed by atoms with van der Waals surface area (Å²) in [6.07, 6.45) is 43.2. The van der Waals surface area contributed by atoms with Gasteiger partial charge in [0, 0.05) is 11.9 Å². The van der Waals surface area contributed by atoms with E-state index >= 15 is 0 Å². The molecule has 0 aromatic rings. The Morgan fingerprint density at radius 1 is 0.353 bits per heavy atom. The first-order chi connectivity index (χ1) is 24.3. The van der Waals surface area contributed by atoms with Gasteiger partial charge in [0.25, 0.3) is 0 Å². The number of carbonyl (C=O) groups is 2. The normalized spacial score (nSPS) is 12.2. The first-order valence-corrected chi connectivity index (χ1v) is 22.1. The van der Waals surface area contributed by atoms with E-state index in [4.69, 9.17) is 0 Å². The maximum atomic E-state index is 10.3. The molecule has 0 aromatic heterocycles. The molecule has 0 aliphatic rings. The standard InChI is InChI=1S/2C22H44O3.Mg/c2*1-2-3-4-5-6-9-12-15-18-21(23)19-16-13-10-7-8-11-14-17-20-22(24)25;/h2*21,23H,2-20H2,1H3,(H,24,25);/q;;+2/p-2. The summed E-state index contributed by atoms with van der Waals surface area (Å²) in [7, 11) is 0. The van der Waals surface area contributed by atoms with E-state index < -0.39 is 11.9 Å². The van der Waals surface area contributed by atoms with Crippen molar-refractivity contribution >= 4 is 35.0 Å². The molecule has 0 bridgehead atoms. The third-order valence-corrected chi connectivity index (χ3v) is 10.1. The first kappa shape index (κ1) is 55.0. The molecule has 0 heterocycles. The zero-order chi connectivity index (χ0) is 37.2. The molecule has 0 aromatic carbocycles. The van der Waals surface area contributed by atoms with Crippen molar-refractivity contribution in [3.05, 3.63) is 0 Å². The van der Waals surface area contributed by atoms with Crippen LogP contribution in [-0.2, 0) is 9.59 Å². The van der Waals surface area contributed by atoms with Crippen molar-refractivity contribution in [3.63, 3.8) is 0 Å². The van der Waals surface area contributed by atoms with Crippen LogP contribution in [0.4, 0.5) is 0 Å². The van der Waals surface area contributed by atoms with Crippen molar-refractivity contribution in [3.8, 4) is 0 Å². The van der Waals surface area contributed by atoms with Crippen LogP contribution in [0.2, 0.25) is 0 Å². The Balaban J connectivity index is -0.000000886. The monoisotopic (exact) mass is 735 g/mol. The Labute approximate surface area is 333 Å². The van der Waals surface area contributed by atoms with E-state index in [0.29, 0.717) is 0 Å². The second-order valence-electron chi connectivity index (χ2n) is 15.3. The predicted octanol–water partition coefficient (Wildman–Crippen LogP) is 10.7. The second kappa shape index (κ2) is 47.6. The van der Waals surface area contributed by atoms with Crippen molar-refractivity contribution in [2.24, 2.45) is 0 Å². The van der Waals surface area contributed by atoms with Gasteiger partial charge in [-0.05, 0) is 51.4 Å². The zero-order valence-electron chi connectivity index (χ0n) is 34.3. The number of aliphatic hydroxyl groups is 2. The van der Waals surface area contributed by atoms with Gasteiger partial charge >= 0.3 is 23.1 Å². The number of unbranched alkanes of at least 4 members (excludes halogenated alkanes) is 28. The van der Waals surface area contributed by atoms with Crippen LogP contribution in [-0.4, -0.2) is 57.4 Å². The molecule has 300 valence electrons. The maximum absolute atomic E-state index is 10.3. The second-order valence-corrected chi connectivity index (χ2v) is 15.3. The molecule has 0 amide bonds. The van der Waals surface area contributed by atoms with Crippen molar-refractivity contribution in [2.45, 2.75) is 270 Å². The minimum atomic E-state index is -0.925. The van der Waals surface area contributed by atoms with Crippen LogP contribution in [0.15, 0.2) is 0 Å². The molecule has 0 saturated heterocycles. The molecule has 2 unspecified atom stereocenters. The summed E-state index contributed by atoms with van der Waals surface area (Å²) in [4.78, 5) is 20.6. The Hall–Kier alpha value is -0.374. The molecule has 0 saturated carbocycles. The molecular weight excluding hydrogens is 649 g/mol. The third-order valence-electron chi connectivity index (χ3n) is 10.1. The Morgan fingerprint density at radius 2 is 0.529 bits per heavy atom. The predicted molar refractivity (Wildman–Crippen MR) is 215 cm³/mol. The number of carbonyl (C=O) groups excluding carboxylic acids is 2. The third kappa shape index (κ3) is 54.1.